The lowest BCUT2D eigenvalue weighted by molar-refractivity contribution is -0.284. The summed E-state index contributed by atoms with van der Waals surface area (Å²) in [5.41, 5.74) is -0.716. The molecule has 0 amide bonds. The molecule has 17 heavy (non-hydrogen) atoms. The number of rotatable bonds is 2. The van der Waals surface area contributed by atoms with Crippen molar-refractivity contribution in [2.24, 2.45) is 5.41 Å². The van der Waals surface area contributed by atoms with Gasteiger partial charge in [-0.3, -0.25) is 4.79 Å². The third-order valence-electron chi connectivity index (χ3n) is 2.80. The summed E-state index contributed by atoms with van der Waals surface area (Å²) in [7, 11) is 1.29. The van der Waals surface area contributed by atoms with Gasteiger partial charge in [0.1, 0.15) is 24.4 Å². The van der Waals surface area contributed by atoms with Crippen molar-refractivity contribution in [3.05, 3.63) is 0 Å². The van der Waals surface area contributed by atoms with Crippen molar-refractivity contribution in [3.63, 3.8) is 0 Å². The second-order valence-electron chi connectivity index (χ2n) is 5.25. The Bertz CT molecular complexity index is 282. The number of ketones is 1. The van der Waals surface area contributed by atoms with Gasteiger partial charge in [0.25, 0.3) is 0 Å². The molecule has 3 N–H and O–H groups in total. The molecule has 0 aromatic rings. The number of aliphatic hydroxyl groups excluding tert-OH is 3. The van der Waals surface area contributed by atoms with Gasteiger partial charge in [-0.2, -0.15) is 0 Å². The van der Waals surface area contributed by atoms with Crippen molar-refractivity contribution >= 4 is 5.78 Å². The predicted molar refractivity (Wildman–Crippen MR) is 58.2 cm³/mol. The van der Waals surface area contributed by atoms with E-state index in [1.807, 2.05) is 0 Å². The molecule has 1 heterocycles. The molecule has 1 aliphatic rings. The Morgan fingerprint density at radius 2 is 1.65 bits per heavy atom. The van der Waals surface area contributed by atoms with Crippen LogP contribution >= 0.6 is 0 Å². The molecule has 0 aromatic heterocycles. The topological polar surface area (TPSA) is 96.2 Å². The minimum Gasteiger partial charge on any atom is -0.387 e. The molecule has 0 unspecified atom stereocenters. The maximum Gasteiger partial charge on any atom is 0.186 e. The van der Waals surface area contributed by atoms with Crippen LogP contribution < -0.4 is 0 Å². The first-order valence-electron chi connectivity index (χ1n) is 5.47. The van der Waals surface area contributed by atoms with Crippen molar-refractivity contribution in [1.29, 1.82) is 0 Å². The summed E-state index contributed by atoms with van der Waals surface area (Å²) in [6, 6.07) is 0. The Morgan fingerprint density at radius 1 is 1.12 bits per heavy atom. The minimum absolute atomic E-state index is 0.349. The Morgan fingerprint density at radius 3 is 2.06 bits per heavy atom. The number of hydrogen-bond acceptors (Lipinski definition) is 6. The fourth-order valence-electron chi connectivity index (χ4n) is 1.69. The SMILES string of the molecule is CO[C@@H]1O[C@H](C(=O)C(C)(C)C)[C@@H](O)[C@H](O)[C@H]1O. The van der Waals surface area contributed by atoms with Gasteiger partial charge in [0.2, 0.25) is 0 Å². The van der Waals surface area contributed by atoms with Gasteiger partial charge in [0.15, 0.2) is 12.1 Å². The zero-order valence-electron chi connectivity index (χ0n) is 10.5. The highest BCUT2D eigenvalue weighted by Gasteiger charge is 2.48. The van der Waals surface area contributed by atoms with Gasteiger partial charge in [-0.1, -0.05) is 20.8 Å². The monoisotopic (exact) mass is 248 g/mol. The third-order valence-corrected chi connectivity index (χ3v) is 2.80. The Balaban J connectivity index is 2.90. The number of carbonyl (C=O) groups excluding carboxylic acids is 1. The van der Waals surface area contributed by atoms with Crippen molar-refractivity contribution in [2.45, 2.75) is 51.5 Å². The van der Waals surface area contributed by atoms with Gasteiger partial charge in [-0.15, -0.1) is 0 Å². The number of hydrogen-bond donors (Lipinski definition) is 3. The number of aliphatic hydroxyl groups is 3. The largest absolute Gasteiger partial charge is 0.387 e. The van der Waals surface area contributed by atoms with Crippen LogP contribution in [0.3, 0.4) is 0 Å². The first-order chi connectivity index (χ1) is 7.70. The van der Waals surface area contributed by atoms with Gasteiger partial charge in [-0.25, -0.2) is 0 Å². The van der Waals surface area contributed by atoms with E-state index in [-0.39, 0.29) is 5.78 Å². The first kappa shape index (κ1) is 14.5. The van der Waals surface area contributed by atoms with Crippen LogP contribution in [-0.4, -0.2) is 58.9 Å². The van der Waals surface area contributed by atoms with Crippen molar-refractivity contribution in [2.75, 3.05) is 7.11 Å². The normalized spacial score (nSPS) is 39.1. The number of methoxy groups -OCH3 is 1. The van der Waals surface area contributed by atoms with Crippen LogP contribution in [-0.2, 0) is 14.3 Å². The quantitative estimate of drug-likeness (QED) is 0.583. The fourth-order valence-corrected chi connectivity index (χ4v) is 1.69. The molecule has 1 fully saturated rings. The van der Waals surface area contributed by atoms with Crippen LogP contribution in [0.2, 0.25) is 0 Å². The molecule has 1 saturated heterocycles. The Labute approximate surface area is 100 Å². The van der Waals surface area contributed by atoms with Crippen LogP contribution in [0.1, 0.15) is 20.8 Å². The summed E-state index contributed by atoms with van der Waals surface area (Å²) in [6.07, 6.45) is -6.62. The van der Waals surface area contributed by atoms with Crippen LogP contribution in [0.5, 0.6) is 0 Å². The molecule has 0 radical (unpaired) electrons. The van der Waals surface area contributed by atoms with Gasteiger partial charge in [-0.05, 0) is 0 Å². The molecule has 0 bridgehead atoms. The lowest BCUT2D eigenvalue weighted by Crippen LogP contribution is -2.61. The third kappa shape index (κ3) is 2.83. The number of Topliss-reactive ketones (excluding diaryl/α,β-unsaturated/α-hetero) is 1. The summed E-state index contributed by atoms with van der Waals surface area (Å²) in [5, 5.41) is 28.9. The molecule has 5 atom stereocenters. The summed E-state index contributed by atoms with van der Waals surface area (Å²) in [6.45, 7) is 5.06. The van der Waals surface area contributed by atoms with E-state index < -0.39 is 36.1 Å². The van der Waals surface area contributed by atoms with E-state index in [9.17, 15) is 20.1 Å². The van der Waals surface area contributed by atoms with Crippen LogP contribution in [0.25, 0.3) is 0 Å². The molecule has 100 valence electrons. The zero-order valence-corrected chi connectivity index (χ0v) is 10.5. The first-order valence-corrected chi connectivity index (χ1v) is 5.47. The molecule has 0 aromatic carbocycles. The molecule has 0 aliphatic carbocycles. The summed E-state index contributed by atoms with van der Waals surface area (Å²) in [4.78, 5) is 12.0. The highest BCUT2D eigenvalue weighted by atomic mass is 16.7. The van der Waals surface area contributed by atoms with Crippen molar-refractivity contribution in [1.82, 2.24) is 0 Å². The fraction of sp³-hybridized carbons (Fsp3) is 0.909. The summed E-state index contributed by atoms with van der Waals surface area (Å²) >= 11 is 0. The molecule has 6 heteroatoms. The molecule has 1 rings (SSSR count). The summed E-state index contributed by atoms with van der Waals surface area (Å²) < 4.78 is 10.0. The van der Waals surface area contributed by atoms with E-state index in [0.29, 0.717) is 0 Å². The van der Waals surface area contributed by atoms with Crippen molar-refractivity contribution < 1.29 is 29.6 Å². The number of ether oxygens (including phenoxy) is 2. The molecule has 0 spiro atoms. The second kappa shape index (κ2) is 4.99. The van der Waals surface area contributed by atoms with Crippen molar-refractivity contribution in [3.8, 4) is 0 Å². The van der Waals surface area contributed by atoms with E-state index in [0.717, 1.165) is 0 Å². The lowest BCUT2D eigenvalue weighted by Gasteiger charge is -2.40. The van der Waals surface area contributed by atoms with E-state index in [2.05, 4.69) is 0 Å². The standard InChI is InChI=1S/C11H20O6/c1-11(2,3)9(15)8-6(13)5(12)7(14)10(16-4)17-8/h5-8,10,12-14H,1-4H3/t5-,6-,7+,8-,10+/m0/s1. The van der Waals surface area contributed by atoms with Crippen LogP contribution in [0, 0.1) is 5.41 Å². The van der Waals surface area contributed by atoms with Gasteiger partial charge in [0, 0.05) is 12.5 Å². The molecular formula is C11H20O6. The van der Waals surface area contributed by atoms with E-state index >= 15 is 0 Å². The summed E-state index contributed by atoms with van der Waals surface area (Å²) in [5.74, 6) is -0.349. The molecular weight excluding hydrogens is 228 g/mol. The molecule has 6 nitrogen and oxygen atoms in total. The Kier molecular flexibility index (Phi) is 4.27. The van der Waals surface area contributed by atoms with E-state index in [1.54, 1.807) is 20.8 Å². The second-order valence-corrected chi connectivity index (χ2v) is 5.25. The predicted octanol–water partition coefficient (Wildman–Crippen LogP) is -0.944. The van der Waals surface area contributed by atoms with Gasteiger partial charge in [0.05, 0.1) is 0 Å². The van der Waals surface area contributed by atoms with Crippen LogP contribution in [0.15, 0.2) is 0 Å². The van der Waals surface area contributed by atoms with Gasteiger partial charge < -0.3 is 24.8 Å². The minimum atomic E-state index is -1.47. The highest BCUT2D eigenvalue weighted by Crippen LogP contribution is 2.27. The zero-order chi connectivity index (χ0) is 13.4. The Hall–Kier alpha value is -0.530. The maximum atomic E-state index is 12.0. The molecule has 0 saturated carbocycles. The van der Waals surface area contributed by atoms with E-state index in [1.165, 1.54) is 7.11 Å². The van der Waals surface area contributed by atoms with Crippen LogP contribution in [0.4, 0.5) is 0 Å². The molecule has 1 aliphatic heterocycles. The number of carbonyl (C=O) groups is 1. The highest BCUT2D eigenvalue weighted by molar-refractivity contribution is 5.88. The van der Waals surface area contributed by atoms with E-state index in [4.69, 9.17) is 9.47 Å². The maximum absolute atomic E-state index is 12.0. The average molecular weight is 248 g/mol. The lowest BCUT2D eigenvalue weighted by atomic mass is 9.83. The average Bonchev–Trinajstić information content (AvgIpc) is 2.24. The van der Waals surface area contributed by atoms with Gasteiger partial charge >= 0.3 is 0 Å². The smallest absolute Gasteiger partial charge is 0.186 e.